The van der Waals surface area contributed by atoms with E-state index in [1.54, 1.807) is 6.92 Å². The Hall–Kier alpha value is -4.07. The van der Waals surface area contributed by atoms with Crippen molar-refractivity contribution in [1.82, 2.24) is 35.3 Å². The van der Waals surface area contributed by atoms with Gasteiger partial charge in [-0.1, -0.05) is 17.7 Å². The molecule has 3 unspecified atom stereocenters. The highest BCUT2D eigenvalue weighted by Gasteiger charge is 2.56. The Balaban J connectivity index is 1.04. The summed E-state index contributed by atoms with van der Waals surface area (Å²) in [6, 6.07) is 7.06. The molecular weight excluding hydrogens is 715 g/mol. The summed E-state index contributed by atoms with van der Waals surface area (Å²) in [6.45, 7) is 13.0. The number of carbonyl (C=O) groups is 2. The van der Waals surface area contributed by atoms with Crippen LogP contribution in [0, 0.1) is 5.92 Å². The van der Waals surface area contributed by atoms with E-state index in [0.29, 0.717) is 48.7 Å². The number of hydrogen-bond acceptors (Lipinski definition) is 8. The number of benzene rings is 1. The van der Waals surface area contributed by atoms with E-state index in [1.165, 1.54) is 6.08 Å². The Kier molecular flexibility index (Phi) is 9.85. The van der Waals surface area contributed by atoms with Crippen LogP contribution in [0.5, 0.6) is 0 Å². The lowest BCUT2D eigenvalue weighted by molar-refractivity contribution is -0.128. The van der Waals surface area contributed by atoms with E-state index in [2.05, 4.69) is 73.3 Å². The maximum absolute atomic E-state index is 15.7. The fraction of sp³-hybridized carbons (Fsp3) is 0.605. The molecule has 1 aromatic heterocycles. The molecule has 7 aliphatic rings. The second-order valence-electron chi connectivity index (χ2n) is 17.4. The first-order chi connectivity index (χ1) is 27.0. The van der Waals surface area contributed by atoms with E-state index in [-0.39, 0.29) is 42.2 Å². The lowest BCUT2D eigenvalue weighted by atomic mass is 9.73. The molecule has 6 heterocycles. The number of halogens is 2. The maximum Gasteiger partial charge on any atom is 0.238 e. The van der Waals surface area contributed by atoms with E-state index in [0.717, 1.165) is 92.5 Å². The summed E-state index contributed by atoms with van der Waals surface area (Å²) < 4.78 is 37.7. The summed E-state index contributed by atoms with van der Waals surface area (Å²) >= 11 is 0. The van der Waals surface area contributed by atoms with Crippen molar-refractivity contribution in [3.63, 3.8) is 0 Å². The summed E-state index contributed by atoms with van der Waals surface area (Å²) in [4.78, 5) is 39.6. The molecular formula is C43H56F2N8O3. The number of aromatic nitrogens is 2. The van der Waals surface area contributed by atoms with Crippen molar-refractivity contribution in [2.45, 2.75) is 114 Å². The number of ether oxygens (including phenoxy) is 1. The van der Waals surface area contributed by atoms with Crippen LogP contribution in [0.3, 0.4) is 0 Å². The highest BCUT2D eigenvalue weighted by Crippen LogP contribution is 2.52. The fourth-order valence-electron chi connectivity index (χ4n) is 10.3. The fourth-order valence-corrected chi connectivity index (χ4v) is 10.3. The Morgan fingerprint density at radius 2 is 1.89 bits per heavy atom. The van der Waals surface area contributed by atoms with Gasteiger partial charge in [-0.05, 0) is 115 Å². The molecule has 11 nitrogen and oxygen atoms in total. The van der Waals surface area contributed by atoms with Gasteiger partial charge in [0.2, 0.25) is 11.8 Å². The van der Waals surface area contributed by atoms with Gasteiger partial charge in [-0.2, -0.15) is 0 Å². The molecule has 0 radical (unpaired) electrons. The van der Waals surface area contributed by atoms with Gasteiger partial charge in [0, 0.05) is 43.3 Å². The molecule has 1 spiro atoms. The number of allylic oxidation sites excluding steroid dienone is 3. The molecule has 3 N–H and O–H groups in total. The predicted octanol–water partition coefficient (Wildman–Crippen LogP) is 3.57. The summed E-state index contributed by atoms with van der Waals surface area (Å²) in [6.07, 6.45) is 9.58. The van der Waals surface area contributed by atoms with Crippen molar-refractivity contribution in [3.8, 4) is 0 Å². The first-order valence-electron chi connectivity index (χ1n) is 20.9. The van der Waals surface area contributed by atoms with Crippen molar-refractivity contribution < 1.29 is 23.1 Å². The zero-order chi connectivity index (χ0) is 38.9. The lowest BCUT2D eigenvalue weighted by Gasteiger charge is -2.49. The molecule has 2 amide bonds. The minimum atomic E-state index is -0.773. The number of nitrogens with zero attached hydrogens (tertiary/aromatic N) is 5. The monoisotopic (exact) mass is 770 g/mol. The number of likely N-dealkylation sites (tertiary alicyclic amines) is 2. The number of imidazole rings is 1. The molecule has 3 saturated heterocycles. The molecule has 4 fully saturated rings. The third-order valence-electron chi connectivity index (χ3n) is 13.7. The Labute approximate surface area is 327 Å². The van der Waals surface area contributed by atoms with Gasteiger partial charge in [-0.25, -0.2) is 13.8 Å². The molecule has 0 bridgehead atoms. The number of rotatable bonds is 9. The number of fused-ring (bicyclic) bond motifs is 3. The normalized spacial score (nSPS) is 29.3. The van der Waals surface area contributed by atoms with Gasteiger partial charge >= 0.3 is 0 Å². The van der Waals surface area contributed by atoms with E-state index in [9.17, 15) is 14.0 Å². The van der Waals surface area contributed by atoms with Crippen LogP contribution in [0.4, 0.5) is 14.5 Å². The quantitative estimate of drug-likeness (QED) is 0.356. The standard InChI is InChI=1S/C43H56F2N8O3/c1-5-46-41(54)32-19-36(34(45)15-26(32)4)49-40-39-37(47-24-52(39)25(2)3)20-35(48-40)27-8-9-33-38(16-27)53(30-17-29(18-30)51-12-6-7-28(44)21-51)42(55)43(33)10-13-50(14-11-43)31-22-56-23-31/h8-9,15-16,20,24-25,28-32,35,48-49H,5-7,10-14,17-19,21-23H2,1-4H3,(H,46,54). The van der Waals surface area contributed by atoms with Gasteiger partial charge in [0.1, 0.15) is 23.2 Å². The van der Waals surface area contributed by atoms with Gasteiger partial charge in [0.25, 0.3) is 0 Å². The van der Waals surface area contributed by atoms with E-state index in [1.807, 2.05) is 13.3 Å². The summed E-state index contributed by atoms with van der Waals surface area (Å²) in [5.41, 5.74) is 3.53. The Morgan fingerprint density at radius 1 is 1.11 bits per heavy atom. The number of carbonyl (C=O) groups excluding carboxylic acids is 2. The number of piperidine rings is 2. The molecule has 5 aliphatic heterocycles. The van der Waals surface area contributed by atoms with Gasteiger partial charge in [-0.15, -0.1) is 0 Å². The highest BCUT2D eigenvalue weighted by atomic mass is 19.1. The van der Waals surface area contributed by atoms with Crippen molar-refractivity contribution >= 4 is 29.4 Å². The third-order valence-corrected chi connectivity index (χ3v) is 13.7. The first kappa shape index (κ1) is 37.5. The van der Waals surface area contributed by atoms with Crippen molar-refractivity contribution in [2.24, 2.45) is 5.92 Å². The van der Waals surface area contributed by atoms with Gasteiger partial charge < -0.3 is 30.2 Å². The average molecular weight is 771 g/mol. The number of alkyl halides is 1. The van der Waals surface area contributed by atoms with Crippen LogP contribution >= 0.6 is 0 Å². The zero-order valence-corrected chi connectivity index (χ0v) is 33.1. The van der Waals surface area contributed by atoms with Crippen LogP contribution in [0.2, 0.25) is 0 Å². The van der Waals surface area contributed by atoms with Gasteiger partial charge in [-0.3, -0.25) is 19.4 Å². The molecule has 3 atom stereocenters. The van der Waals surface area contributed by atoms with Crippen molar-refractivity contribution in [3.05, 3.63) is 69.5 Å². The Morgan fingerprint density at radius 3 is 2.59 bits per heavy atom. The Bertz CT molecular complexity index is 2080. The number of amides is 2. The second kappa shape index (κ2) is 14.7. The van der Waals surface area contributed by atoms with Crippen LogP contribution in [0.15, 0.2) is 47.7 Å². The molecule has 13 heteroatoms. The third kappa shape index (κ3) is 6.38. The number of hydrogen-bond donors (Lipinski definition) is 3. The molecule has 9 rings (SSSR count). The number of anilines is 1. The topological polar surface area (TPSA) is 107 Å². The first-order valence-corrected chi connectivity index (χ1v) is 20.9. The average Bonchev–Trinajstić information content (AvgIpc) is 3.67. The van der Waals surface area contributed by atoms with Crippen LogP contribution in [0.1, 0.15) is 95.9 Å². The molecule has 2 aliphatic carbocycles. The summed E-state index contributed by atoms with van der Waals surface area (Å²) in [7, 11) is 0. The smallest absolute Gasteiger partial charge is 0.238 e. The van der Waals surface area contributed by atoms with Crippen LogP contribution in [0.25, 0.3) is 11.9 Å². The number of nitrogens with one attached hydrogen (secondary N) is 3. The SMILES string of the molecule is CCNC(=O)C1CC(NC2=c3c(ncn3C(C)C)=CC(c3ccc4c(c3)N(C3CC(N5CCCC(F)C5)C3)C(=O)C43CCN(C4COC4)CC3)N2)=C(F)C=C1C. The van der Waals surface area contributed by atoms with Crippen LogP contribution in [-0.4, -0.2) is 101 Å². The van der Waals surface area contributed by atoms with E-state index >= 15 is 4.39 Å². The van der Waals surface area contributed by atoms with Crippen molar-refractivity contribution in [1.29, 1.82) is 0 Å². The molecule has 1 saturated carbocycles. The zero-order valence-electron chi connectivity index (χ0n) is 33.1. The van der Waals surface area contributed by atoms with Crippen LogP contribution < -0.4 is 31.5 Å². The highest BCUT2D eigenvalue weighted by molar-refractivity contribution is 6.09. The van der Waals surface area contributed by atoms with E-state index < -0.39 is 17.5 Å². The minimum absolute atomic E-state index is 0.0648. The van der Waals surface area contributed by atoms with Crippen LogP contribution in [-0.2, 0) is 19.7 Å². The molecule has 56 heavy (non-hydrogen) atoms. The maximum atomic E-state index is 15.7. The van der Waals surface area contributed by atoms with E-state index in [4.69, 9.17) is 9.72 Å². The second-order valence-corrected chi connectivity index (χ2v) is 17.4. The molecule has 300 valence electrons. The minimum Gasteiger partial charge on any atom is -0.378 e. The largest absolute Gasteiger partial charge is 0.378 e. The van der Waals surface area contributed by atoms with Crippen molar-refractivity contribution in [2.75, 3.05) is 50.8 Å². The molecule has 1 aromatic carbocycles. The summed E-state index contributed by atoms with van der Waals surface area (Å²) in [5.74, 6) is -0.153. The predicted molar refractivity (Wildman–Crippen MR) is 211 cm³/mol. The van der Waals surface area contributed by atoms with Gasteiger partial charge in [0.15, 0.2) is 0 Å². The molecule has 2 aromatic rings. The summed E-state index contributed by atoms with van der Waals surface area (Å²) in [5, 5.41) is 11.6. The van der Waals surface area contributed by atoms with Gasteiger partial charge in [0.05, 0.1) is 54.0 Å². The lowest BCUT2D eigenvalue weighted by Crippen LogP contribution is -2.60.